The average molecular weight is 333 g/mol. The molecule has 22 heavy (non-hydrogen) atoms. The molecular weight excluding hydrogens is 324 g/mol. The molecular formula is C15H9ClF4O2. The SMILES string of the molecule is COc1ccc(Cl)cc1C(=O)c1cc(F)cc(C(F)(F)F)c1. The van der Waals surface area contributed by atoms with Crippen molar-refractivity contribution in [2.45, 2.75) is 6.18 Å². The maximum atomic E-state index is 13.4. The van der Waals surface area contributed by atoms with E-state index in [1.54, 1.807) is 0 Å². The Labute approximate surface area is 128 Å². The first-order valence-corrected chi connectivity index (χ1v) is 6.36. The second kappa shape index (κ2) is 5.96. The summed E-state index contributed by atoms with van der Waals surface area (Å²) in [4.78, 5) is 12.3. The lowest BCUT2D eigenvalue weighted by molar-refractivity contribution is -0.137. The van der Waals surface area contributed by atoms with Gasteiger partial charge in [0, 0.05) is 10.6 Å². The Morgan fingerprint density at radius 3 is 2.41 bits per heavy atom. The molecule has 2 rings (SSSR count). The number of ketones is 1. The van der Waals surface area contributed by atoms with E-state index in [-0.39, 0.29) is 16.3 Å². The van der Waals surface area contributed by atoms with Crippen molar-refractivity contribution in [3.05, 3.63) is 63.9 Å². The molecule has 0 aromatic heterocycles. The molecule has 0 aliphatic heterocycles. The van der Waals surface area contributed by atoms with Crippen molar-refractivity contribution in [2.75, 3.05) is 7.11 Å². The van der Waals surface area contributed by atoms with Crippen LogP contribution >= 0.6 is 11.6 Å². The molecule has 0 unspecified atom stereocenters. The number of hydrogen-bond donors (Lipinski definition) is 0. The van der Waals surface area contributed by atoms with E-state index in [1.807, 2.05) is 0 Å². The molecule has 0 saturated heterocycles. The zero-order chi connectivity index (χ0) is 16.5. The summed E-state index contributed by atoms with van der Waals surface area (Å²) in [6, 6.07) is 5.76. The summed E-state index contributed by atoms with van der Waals surface area (Å²) in [6.45, 7) is 0. The molecule has 2 aromatic rings. The van der Waals surface area contributed by atoms with Gasteiger partial charge in [0.05, 0.1) is 18.2 Å². The first-order valence-electron chi connectivity index (χ1n) is 5.98. The first-order chi connectivity index (χ1) is 10.2. The minimum Gasteiger partial charge on any atom is -0.496 e. The van der Waals surface area contributed by atoms with E-state index >= 15 is 0 Å². The van der Waals surface area contributed by atoms with Gasteiger partial charge in [-0.3, -0.25) is 4.79 Å². The van der Waals surface area contributed by atoms with Crippen LogP contribution in [0.5, 0.6) is 5.75 Å². The number of methoxy groups -OCH3 is 1. The van der Waals surface area contributed by atoms with Crippen molar-refractivity contribution in [1.29, 1.82) is 0 Å². The van der Waals surface area contributed by atoms with Gasteiger partial charge in [-0.25, -0.2) is 4.39 Å². The largest absolute Gasteiger partial charge is 0.496 e. The zero-order valence-electron chi connectivity index (χ0n) is 11.2. The molecule has 0 spiro atoms. The number of alkyl halides is 3. The van der Waals surface area contributed by atoms with Gasteiger partial charge < -0.3 is 4.74 Å². The van der Waals surface area contributed by atoms with Crippen LogP contribution in [0.15, 0.2) is 36.4 Å². The zero-order valence-corrected chi connectivity index (χ0v) is 11.9. The van der Waals surface area contributed by atoms with E-state index < -0.39 is 28.9 Å². The molecule has 0 N–H and O–H groups in total. The summed E-state index contributed by atoms with van der Waals surface area (Å²) in [7, 11) is 1.30. The van der Waals surface area contributed by atoms with Crippen molar-refractivity contribution in [3.63, 3.8) is 0 Å². The third-order valence-corrected chi connectivity index (χ3v) is 3.13. The highest BCUT2D eigenvalue weighted by Gasteiger charge is 2.32. The lowest BCUT2D eigenvalue weighted by Crippen LogP contribution is -2.10. The maximum absolute atomic E-state index is 13.4. The predicted molar refractivity (Wildman–Crippen MR) is 72.8 cm³/mol. The standard InChI is InChI=1S/C15H9ClF4O2/c1-22-13-3-2-10(16)7-12(13)14(21)8-4-9(15(18,19)20)6-11(17)5-8/h2-7H,1H3. The van der Waals surface area contributed by atoms with Crippen LogP contribution in [0.2, 0.25) is 5.02 Å². The average Bonchev–Trinajstić information content (AvgIpc) is 2.45. The molecule has 0 aliphatic carbocycles. The Kier molecular flexibility index (Phi) is 4.42. The number of ether oxygens (including phenoxy) is 1. The number of rotatable bonds is 3. The molecule has 0 aliphatic rings. The monoisotopic (exact) mass is 332 g/mol. The van der Waals surface area contributed by atoms with Crippen molar-refractivity contribution >= 4 is 17.4 Å². The van der Waals surface area contributed by atoms with Gasteiger partial charge in [0.15, 0.2) is 5.78 Å². The van der Waals surface area contributed by atoms with Gasteiger partial charge in [-0.15, -0.1) is 0 Å². The van der Waals surface area contributed by atoms with Crippen LogP contribution in [0, 0.1) is 5.82 Å². The maximum Gasteiger partial charge on any atom is 0.416 e. The van der Waals surface area contributed by atoms with Crippen molar-refractivity contribution < 1.29 is 27.1 Å². The van der Waals surface area contributed by atoms with E-state index in [1.165, 1.54) is 25.3 Å². The molecule has 0 saturated carbocycles. The summed E-state index contributed by atoms with van der Waals surface area (Å²) in [5.41, 5.74) is -1.72. The fourth-order valence-electron chi connectivity index (χ4n) is 1.90. The predicted octanol–water partition coefficient (Wildman–Crippen LogP) is 4.74. The number of carbonyl (C=O) groups is 1. The third-order valence-electron chi connectivity index (χ3n) is 2.89. The van der Waals surface area contributed by atoms with Crippen LogP contribution in [0.25, 0.3) is 0 Å². The highest BCUT2D eigenvalue weighted by atomic mass is 35.5. The smallest absolute Gasteiger partial charge is 0.416 e. The Balaban J connectivity index is 2.55. The van der Waals surface area contributed by atoms with Gasteiger partial charge in [-0.2, -0.15) is 13.2 Å². The van der Waals surface area contributed by atoms with Gasteiger partial charge in [0.1, 0.15) is 11.6 Å². The highest BCUT2D eigenvalue weighted by Crippen LogP contribution is 2.32. The quantitative estimate of drug-likeness (QED) is 0.599. The molecule has 0 fully saturated rings. The summed E-state index contributed by atoms with van der Waals surface area (Å²) < 4.78 is 56.5. The van der Waals surface area contributed by atoms with Gasteiger partial charge in [-0.05, 0) is 36.4 Å². The Morgan fingerprint density at radius 1 is 1.14 bits per heavy atom. The van der Waals surface area contributed by atoms with Crippen LogP contribution in [-0.4, -0.2) is 12.9 Å². The number of hydrogen-bond acceptors (Lipinski definition) is 2. The topological polar surface area (TPSA) is 26.3 Å². The van der Waals surface area contributed by atoms with Gasteiger partial charge in [0.2, 0.25) is 0 Å². The molecule has 0 amide bonds. The van der Waals surface area contributed by atoms with Crippen LogP contribution in [0.1, 0.15) is 21.5 Å². The van der Waals surface area contributed by atoms with E-state index in [0.29, 0.717) is 12.1 Å². The molecule has 0 atom stereocenters. The fraction of sp³-hybridized carbons (Fsp3) is 0.133. The summed E-state index contributed by atoms with van der Waals surface area (Å²) in [5, 5.41) is 0.205. The van der Waals surface area contributed by atoms with Crippen LogP contribution in [0.4, 0.5) is 17.6 Å². The fourth-order valence-corrected chi connectivity index (χ4v) is 2.07. The van der Waals surface area contributed by atoms with E-state index in [9.17, 15) is 22.4 Å². The van der Waals surface area contributed by atoms with Crippen molar-refractivity contribution in [1.82, 2.24) is 0 Å². The normalized spacial score (nSPS) is 11.4. The highest BCUT2D eigenvalue weighted by molar-refractivity contribution is 6.31. The van der Waals surface area contributed by atoms with Gasteiger partial charge in [0.25, 0.3) is 0 Å². The molecule has 2 nitrogen and oxygen atoms in total. The van der Waals surface area contributed by atoms with Gasteiger partial charge in [-0.1, -0.05) is 11.6 Å². The van der Waals surface area contributed by atoms with Crippen LogP contribution < -0.4 is 4.74 Å². The summed E-state index contributed by atoms with van der Waals surface area (Å²) in [6.07, 6.45) is -4.75. The minimum atomic E-state index is -4.75. The van der Waals surface area contributed by atoms with Crippen molar-refractivity contribution in [2.24, 2.45) is 0 Å². The van der Waals surface area contributed by atoms with Crippen LogP contribution in [0.3, 0.4) is 0 Å². The molecule has 7 heteroatoms. The molecule has 2 aromatic carbocycles. The Morgan fingerprint density at radius 2 is 1.82 bits per heavy atom. The Hall–Kier alpha value is -2.08. The first kappa shape index (κ1) is 16.3. The molecule has 116 valence electrons. The van der Waals surface area contributed by atoms with Gasteiger partial charge >= 0.3 is 6.18 Å². The molecule has 0 bridgehead atoms. The third kappa shape index (κ3) is 3.39. The summed E-state index contributed by atoms with van der Waals surface area (Å²) in [5.74, 6) is -1.84. The van der Waals surface area contributed by atoms with Crippen molar-refractivity contribution in [3.8, 4) is 5.75 Å². The number of benzene rings is 2. The Bertz CT molecular complexity index is 726. The second-order valence-electron chi connectivity index (χ2n) is 4.40. The van der Waals surface area contributed by atoms with E-state index in [2.05, 4.69) is 0 Å². The lowest BCUT2D eigenvalue weighted by Gasteiger charge is -2.11. The molecule has 0 heterocycles. The summed E-state index contributed by atoms with van der Waals surface area (Å²) >= 11 is 5.78. The van der Waals surface area contributed by atoms with E-state index in [4.69, 9.17) is 16.3 Å². The minimum absolute atomic E-state index is 0.0475. The molecule has 0 radical (unpaired) electrons. The van der Waals surface area contributed by atoms with E-state index in [0.717, 1.165) is 6.07 Å². The second-order valence-corrected chi connectivity index (χ2v) is 4.84. The van der Waals surface area contributed by atoms with Crippen LogP contribution in [-0.2, 0) is 6.18 Å². The number of halogens is 5. The number of carbonyl (C=O) groups excluding carboxylic acids is 1. The lowest BCUT2D eigenvalue weighted by atomic mass is 10.00.